The smallest absolute Gasteiger partial charge is 0.284 e. The van der Waals surface area contributed by atoms with Crippen molar-refractivity contribution in [1.82, 2.24) is 9.97 Å². The first-order valence-corrected chi connectivity index (χ1v) is 7.31. The maximum absolute atomic E-state index is 12.2. The van der Waals surface area contributed by atoms with Crippen molar-refractivity contribution >= 4 is 44.4 Å². The molecule has 0 saturated heterocycles. The Morgan fingerprint density at radius 2 is 2.04 bits per heavy atom. The Hall–Kier alpha value is -2.87. The molecular weight excluding hydrogens is 364 g/mol. The molecule has 0 atom stereocenters. The maximum atomic E-state index is 12.2. The Morgan fingerprint density at radius 3 is 2.83 bits per heavy atom. The summed E-state index contributed by atoms with van der Waals surface area (Å²) in [6, 6.07) is 11.2. The number of benzene rings is 1. The Bertz CT molecular complexity index is 929. The molecule has 0 saturated carbocycles. The van der Waals surface area contributed by atoms with E-state index in [1.807, 2.05) is 6.07 Å². The van der Waals surface area contributed by atoms with Gasteiger partial charge < -0.3 is 5.32 Å². The van der Waals surface area contributed by atoms with E-state index in [1.165, 1.54) is 18.2 Å². The third kappa shape index (κ3) is 3.16. The monoisotopic (exact) mass is 372 g/mol. The lowest BCUT2D eigenvalue weighted by Crippen LogP contribution is -2.13. The number of carbonyl (C=O) groups excluding carboxylic acids is 1. The van der Waals surface area contributed by atoms with Crippen molar-refractivity contribution in [1.29, 1.82) is 0 Å². The van der Waals surface area contributed by atoms with E-state index in [4.69, 9.17) is 0 Å². The molecule has 2 heterocycles. The number of nitrogens with one attached hydrogen (secondary N) is 1. The largest absolute Gasteiger partial charge is 0.306 e. The van der Waals surface area contributed by atoms with E-state index in [0.29, 0.717) is 15.9 Å². The van der Waals surface area contributed by atoms with Crippen molar-refractivity contribution in [2.24, 2.45) is 0 Å². The standard InChI is InChI=1S/C15H9BrN4O3/c16-11-5-3-10(8-12(11)20(22)23)15(21)19-13-6-4-9-2-1-7-17-14(9)18-13/h1-8H,(H,17,18,19,21). The highest BCUT2D eigenvalue weighted by atomic mass is 79.9. The molecule has 0 bridgehead atoms. The summed E-state index contributed by atoms with van der Waals surface area (Å²) in [6.07, 6.45) is 1.61. The van der Waals surface area contributed by atoms with Gasteiger partial charge in [0.15, 0.2) is 5.65 Å². The van der Waals surface area contributed by atoms with Crippen LogP contribution in [0.4, 0.5) is 11.5 Å². The van der Waals surface area contributed by atoms with Crippen LogP contribution in [0.5, 0.6) is 0 Å². The zero-order valence-electron chi connectivity index (χ0n) is 11.6. The van der Waals surface area contributed by atoms with Crippen LogP contribution in [-0.2, 0) is 0 Å². The number of nitrogens with zero attached hydrogens (tertiary/aromatic N) is 3. The zero-order valence-corrected chi connectivity index (χ0v) is 13.1. The van der Waals surface area contributed by atoms with Gasteiger partial charge in [-0.25, -0.2) is 9.97 Å². The number of hydrogen-bond acceptors (Lipinski definition) is 5. The number of anilines is 1. The fourth-order valence-electron chi connectivity index (χ4n) is 2.00. The van der Waals surface area contributed by atoms with Gasteiger partial charge >= 0.3 is 0 Å². The van der Waals surface area contributed by atoms with Gasteiger partial charge in [0, 0.05) is 23.2 Å². The summed E-state index contributed by atoms with van der Waals surface area (Å²) in [5, 5.41) is 14.4. The Balaban J connectivity index is 1.88. The molecule has 0 aliphatic rings. The van der Waals surface area contributed by atoms with Crippen molar-refractivity contribution in [3.8, 4) is 0 Å². The fraction of sp³-hybridized carbons (Fsp3) is 0. The van der Waals surface area contributed by atoms with Crippen molar-refractivity contribution in [3.63, 3.8) is 0 Å². The molecule has 3 rings (SSSR count). The molecule has 114 valence electrons. The first-order valence-electron chi connectivity index (χ1n) is 6.51. The van der Waals surface area contributed by atoms with Crippen LogP contribution < -0.4 is 5.32 Å². The number of pyridine rings is 2. The number of nitro groups is 1. The zero-order chi connectivity index (χ0) is 16.4. The molecular formula is C15H9BrN4O3. The highest BCUT2D eigenvalue weighted by Gasteiger charge is 2.16. The highest BCUT2D eigenvalue weighted by molar-refractivity contribution is 9.10. The summed E-state index contributed by atoms with van der Waals surface area (Å²) in [5.41, 5.74) is 0.501. The van der Waals surface area contributed by atoms with E-state index in [2.05, 4.69) is 31.2 Å². The summed E-state index contributed by atoms with van der Waals surface area (Å²) in [4.78, 5) is 30.9. The molecule has 0 aliphatic carbocycles. The average molecular weight is 373 g/mol. The minimum absolute atomic E-state index is 0.169. The Labute approximate surface area is 138 Å². The molecule has 1 aromatic carbocycles. The quantitative estimate of drug-likeness (QED) is 0.559. The maximum Gasteiger partial charge on any atom is 0.284 e. The van der Waals surface area contributed by atoms with Gasteiger partial charge in [0.2, 0.25) is 0 Å². The van der Waals surface area contributed by atoms with Crippen molar-refractivity contribution in [3.05, 3.63) is 68.8 Å². The first-order chi connectivity index (χ1) is 11.0. The van der Waals surface area contributed by atoms with E-state index in [-0.39, 0.29) is 11.3 Å². The van der Waals surface area contributed by atoms with Crippen LogP contribution in [0.1, 0.15) is 10.4 Å². The van der Waals surface area contributed by atoms with Crippen LogP contribution in [-0.4, -0.2) is 20.8 Å². The van der Waals surface area contributed by atoms with Gasteiger partial charge in [-0.15, -0.1) is 0 Å². The van der Waals surface area contributed by atoms with Gasteiger partial charge in [0.05, 0.1) is 9.40 Å². The predicted octanol–water partition coefficient (Wildman–Crippen LogP) is 3.55. The molecule has 0 aliphatic heterocycles. The molecule has 7 nitrogen and oxygen atoms in total. The van der Waals surface area contributed by atoms with Crippen molar-refractivity contribution in [2.45, 2.75) is 0 Å². The van der Waals surface area contributed by atoms with Crippen molar-refractivity contribution in [2.75, 3.05) is 5.32 Å². The minimum atomic E-state index is -0.556. The Morgan fingerprint density at radius 1 is 1.22 bits per heavy atom. The molecule has 2 aromatic heterocycles. The van der Waals surface area contributed by atoms with Crippen LogP contribution in [0.15, 0.2) is 53.1 Å². The molecule has 0 radical (unpaired) electrons. The van der Waals surface area contributed by atoms with Gasteiger partial charge in [-0.2, -0.15) is 0 Å². The second kappa shape index (κ2) is 6.09. The van der Waals surface area contributed by atoms with Crippen molar-refractivity contribution < 1.29 is 9.72 Å². The predicted molar refractivity (Wildman–Crippen MR) is 88.3 cm³/mol. The summed E-state index contributed by atoms with van der Waals surface area (Å²) in [5.74, 6) is -0.157. The van der Waals surface area contributed by atoms with E-state index in [1.54, 1.807) is 24.4 Å². The number of aromatic nitrogens is 2. The van der Waals surface area contributed by atoms with Crippen LogP contribution in [0.3, 0.4) is 0 Å². The highest BCUT2D eigenvalue weighted by Crippen LogP contribution is 2.26. The third-order valence-electron chi connectivity index (χ3n) is 3.11. The molecule has 0 spiro atoms. The number of nitro benzene ring substituents is 1. The van der Waals surface area contributed by atoms with E-state index < -0.39 is 10.8 Å². The van der Waals surface area contributed by atoms with Gasteiger partial charge in [0.25, 0.3) is 11.6 Å². The summed E-state index contributed by atoms with van der Waals surface area (Å²) < 4.78 is 0.312. The van der Waals surface area contributed by atoms with Crippen LogP contribution >= 0.6 is 15.9 Å². The number of fused-ring (bicyclic) bond motifs is 1. The van der Waals surface area contributed by atoms with Crippen LogP contribution in [0, 0.1) is 10.1 Å². The summed E-state index contributed by atoms with van der Waals surface area (Å²) in [7, 11) is 0. The molecule has 3 aromatic rings. The number of halogens is 1. The molecule has 23 heavy (non-hydrogen) atoms. The van der Waals surface area contributed by atoms with Gasteiger partial charge in [-0.05, 0) is 52.3 Å². The number of rotatable bonds is 3. The number of amides is 1. The average Bonchev–Trinajstić information content (AvgIpc) is 2.54. The lowest BCUT2D eigenvalue weighted by molar-refractivity contribution is -0.385. The minimum Gasteiger partial charge on any atom is -0.306 e. The molecule has 1 N–H and O–H groups in total. The fourth-order valence-corrected chi connectivity index (χ4v) is 2.40. The molecule has 0 unspecified atom stereocenters. The second-order valence-corrected chi connectivity index (χ2v) is 5.48. The first kappa shape index (κ1) is 15.0. The van der Waals surface area contributed by atoms with E-state index in [9.17, 15) is 14.9 Å². The normalized spacial score (nSPS) is 10.5. The molecule has 8 heteroatoms. The van der Waals surface area contributed by atoms with E-state index >= 15 is 0 Å². The lowest BCUT2D eigenvalue weighted by atomic mass is 10.2. The molecule has 0 fully saturated rings. The van der Waals surface area contributed by atoms with Gasteiger partial charge in [-0.1, -0.05) is 0 Å². The van der Waals surface area contributed by atoms with E-state index in [0.717, 1.165) is 5.39 Å². The number of carbonyl (C=O) groups is 1. The van der Waals surface area contributed by atoms with Crippen LogP contribution in [0.2, 0.25) is 0 Å². The molecule has 1 amide bonds. The van der Waals surface area contributed by atoms with Crippen LogP contribution in [0.25, 0.3) is 11.0 Å². The second-order valence-electron chi connectivity index (χ2n) is 4.62. The summed E-state index contributed by atoms with van der Waals surface area (Å²) in [6.45, 7) is 0. The Kier molecular flexibility index (Phi) is 3.98. The van der Waals surface area contributed by atoms with Gasteiger partial charge in [0.1, 0.15) is 5.82 Å². The lowest BCUT2D eigenvalue weighted by Gasteiger charge is -2.06. The van der Waals surface area contributed by atoms with Gasteiger partial charge in [-0.3, -0.25) is 14.9 Å². The topological polar surface area (TPSA) is 98.0 Å². The number of hydrogen-bond donors (Lipinski definition) is 1. The third-order valence-corrected chi connectivity index (χ3v) is 3.78. The SMILES string of the molecule is O=C(Nc1ccc2cccnc2n1)c1ccc(Br)c([N+](=O)[O-])c1. The summed E-state index contributed by atoms with van der Waals surface area (Å²) >= 11 is 3.08.